The summed E-state index contributed by atoms with van der Waals surface area (Å²) in [5, 5.41) is 0. The van der Waals surface area contributed by atoms with Crippen molar-refractivity contribution in [3.05, 3.63) is 29.8 Å². The van der Waals surface area contributed by atoms with E-state index in [1.54, 1.807) is 0 Å². The van der Waals surface area contributed by atoms with Crippen molar-refractivity contribution in [3.8, 4) is 0 Å². The molecule has 96 valence electrons. The minimum Gasteiger partial charge on any atom is -0.380 e. The smallest absolute Gasteiger partial charge is 0.0641 e. The van der Waals surface area contributed by atoms with Gasteiger partial charge in [-0.25, -0.2) is 0 Å². The molecule has 0 radical (unpaired) electrons. The summed E-state index contributed by atoms with van der Waals surface area (Å²) in [5.74, 6) is 0. The van der Waals surface area contributed by atoms with Crippen molar-refractivity contribution in [1.29, 1.82) is 0 Å². The predicted octanol–water partition coefficient (Wildman–Crippen LogP) is 2.40. The molecule has 2 N–H and O–H groups in total. The van der Waals surface area contributed by atoms with Crippen molar-refractivity contribution in [2.75, 3.05) is 31.7 Å². The molecule has 0 aliphatic carbocycles. The van der Waals surface area contributed by atoms with E-state index in [-0.39, 0.29) is 0 Å². The predicted molar refractivity (Wildman–Crippen MR) is 73.3 cm³/mol. The lowest BCUT2D eigenvalue weighted by Gasteiger charge is -2.19. The van der Waals surface area contributed by atoms with E-state index in [1.165, 1.54) is 17.7 Å². The summed E-state index contributed by atoms with van der Waals surface area (Å²) in [6.07, 6.45) is 2.33. The minimum atomic E-state index is 0.592. The highest BCUT2D eigenvalue weighted by atomic mass is 16.5. The van der Waals surface area contributed by atoms with Crippen molar-refractivity contribution < 1.29 is 4.74 Å². The van der Waals surface area contributed by atoms with Crippen molar-refractivity contribution in [3.63, 3.8) is 0 Å². The van der Waals surface area contributed by atoms with E-state index in [0.717, 1.165) is 26.2 Å². The van der Waals surface area contributed by atoms with Crippen LogP contribution >= 0.6 is 0 Å². The topological polar surface area (TPSA) is 38.5 Å². The Bertz CT molecular complexity index is 315. The summed E-state index contributed by atoms with van der Waals surface area (Å²) in [6, 6.07) is 8.33. The van der Waals surface area contributed by atoms with Crippen LogP contribution in [-0.2, 0) is 11.3 Å². The summed E-state index contributed by atoms with van der Waals surface area (Å²) in [5.41, 5.74) is 8.00. The maximum atomic E-state index is 5.63. The van der Waals surface area contributed by atoms with Crippen LogP contribution in [0.25, 0.3) is 0 Å². The second-order valence-corrected chi connectivity index (χ2v) is 4.26. The van der Waals surface area contributed by atoms with Gasteiger partial charge in [0.2, 0.25) is 0 Å². The number of hydrogen-bond acceptors (Lipinski definition) is 3. The van der Waals surface area contributed by atoms with Gasteiger partial charge in [-0.3, -0.25) is 0 Å². The number of hydrogen-bond donors (Lipinski definition) is 1. The third kappa shape index (κ3) is 5.20. The first-order valence-electron chi connectivity index (χ1n) is 6.35. The number of rotatable bonds is 8. The standard InChI is InChI=1S/C14H24N2O/c1-3-4-9-17-10-8-16(2)14-7-5-6-13(11-14)12-15/h5-7,11H,3-4,8-10,12,15H2,1-2H3. The van der Waals surface area contributed by atoms with Crippen molar-refractivity contribution in [1.82, 2.24) is 0 Å². The Morgan fingerprint density at radius 2 is 2.12 bits per heavy atom. The molecule has 3 heteroatoms. The number of unbranched alkanes of at least 4 members (excludes halogenated alkanes) is 1. The summed E-state index contributed by atoms with van der Waals surface area (Å²) >= 11 is 0. The lowest BCUT2D eigenvalue weighted by atomic mass is 10.2. The first kappa shape index (κ1) is 14.0. The normalized spacial score (nSPS) is 10.5. The van der Waals surface area contributed by atoms with Crippen LogP contribution in [0.4, 0.5) is 5.69 Å². The number of nitrogens with zero attached hydrogens (tertiary/aromatic N) is 1. The van der Waals surface area contributed by atoms with Gasteiger partial charge in [0.1, 0.15) is 0 Å². The van der Waals surface area contributed by atoms with E-state index in [2.05, 4.69) is 37.1 Å². The first-order chi connectivity index (χ1) is 8.27. The Morgan fingerprint density at radius 1 is 1.29 bits per heavy atom. The molecule has 0 unspecified atom stereocenters. The summed E-state index contributed by atoms with van der Waals surface area (Å²) in [7, 11) is 2.08. The van der Waals surface area contributed by atoms with Gasteiger partial charge in [-0.2, -0.15) is 0 Å². The molecule has 1 rings (SSSR count). The third-order valence-corrected chi connectivity index (χ3v) is 2.80. The maximum absolute atomic E-state index is 5.63. The number of likely N-dealkylation sites (N-methyl/N-ethyl adjacent to an activating group) is 1. The molecule has 0 fully saturated rings. The van der Waals surface area contributed by atoms with E-state index in [0.29, 0.717) is 6.54 Å². The summed E-state index contributed by atoms with van der Waals surface area (Å²) in [4.78, 5) is 2.20. The van der Waals surface area contributed by atoms with Gasteiger partial charge in [0.15, 0.2) is 0 Å². The zero-order valence-electron chi connectivity index (χ0n) is 11.0. The highest BCUT2D eigenvalue weighted by molar-refractivity contribution is 5.47. The average Bonchev–Trinajstić information content (AvgIpc) is 2.38. The van der Waals surface area contributed by atoms with Crippen LogP contribution in [0.15, 0.2) is 24.3 Å². The zero-order valence-corrected chi connectivity index (χ0v) is 11.0. The molecular weight excluding hydrogens is 212 g/mol. The molecule has 0 heterocycles. The molecular formula is C14H24N2O. The molecule has 0 amide bonds. The molecule has 0 saturated heterocycles. The van der Waals surface area contributed by atoms with Gasteiger partial charge >= 0.3 is 0 Å². The Labute approximate surface area is 105 Å². The SMILES string of the molecule is CCCCOCCN(C)c1cccc(CN)c1. The Morgan fingerprint density at radius 3 is 2.82 bits per heavy atom. The monoisotopic (exact) mass is 236 g/mol. The average molecular weight is 236 g/mol. The van der Waals surface area contributed by atoms with Crippen LogP contribution in [-0.4, -0.2) is 26.8 Å². The Hall–Kier alpha value is -1.06. The number of ether oxygens (including phenoxy) is 1. The van der Waals surface area contributed by atoms with Crippen molar-refractivity contribution in [2.24, 2.45) is 5.73 Å². The molecule has 0 saturated carbocycles. The second-order valence-electron chi connectivity index (χ2n) is 4.26. The van der Waals surface area contributed by atoms with Gasteiger partial charge in [0, 0.05) is 32.4 Å². The molecule has 0 aromatic heterocycles. The van der Waals surface area contributed by atoms with Crippen LogP contribution in [0.3, 0.4) is 0 Å². The first-order valence-corrected chi connectivity index (χ1v) is 6.35. The number of nitrogens with two attached hydrogens (primary N) is 1. The molecule has 0 atom stereocenters. The largest absolute Gasteiger partial charge is 0.380 e. The van der Waals surface area contributed by atoms with E-state index in [9.17, 15) is 0 Å². The molecule has 0 bridgehead atoms. The molecule has 0 spiro atoms. The van der Waals surface area contributed by atoms with Gasteiger partial charge in [-0.15, -0.1) is 0 Å². The summed E-state index contributed by atoms with van der Waals surface area (Å²) in [6.45, 7) is 5.33. The maximum Gasteiger partial charge on any atom is 0.0641 e. The lowest BCUT2D eigenvalue weighted by molar-refractivity contribution is 0.138. The third-order valence-electron chi connectivity index (χ3n) is 2.80. The fourth-order valence-corrected chi connectivity index (χ4v) is 1.60. The highest BCUT2D eigenvalue weighted by Gasteiger charge is 2.01. The van der Waals surface area contributed by atoms with Gasteiger partial charge in [0.25, 0.3) is 0 Å². The van der Waals surface area contributed by atoms with Crippen molar-refractivity contribution >= 4 is 5.69 Å². The molecule has 0 aliphatic rings. The summed E-state index contributed by atoms with van der Waals surface area (Å²) < 4.78 is 5.56. The number of anilines is 1. The lowest BCUT2D eigenvalue weighted by Crippen LogP contribution is -2.22. The number of benzene rings is 1. The Kier molecular flexibility index (Phi) is 6.67. The van der Waals surface area contributed by atoms with E-state index in [4.69, 9.17) is 10.5 Å². The van der Waals surface area contributed by atoms with Crippen LogP contribution in [0.2, 0.25) is 0 Å². The second kappa shape index (κ2) is 8.09. The van der Waals surface area contributed by atoms with Gasteiger partial charge in [-0.05, 0) is 24.1 Å². The van der Waals surface area contributed by atoms with Crippen molar-refractivity contribution in [2.45, 2.75) is 26.3 Å². The molecule has 17 heavy (non-hydrogen) atoms. The Balaban J connectivity index is 2.33. The van der Waals surface area contributed by atoms with Crippen LogP contribution in [0, 0.1) is 0 Å². The minimum absolute atomic E-state index is 0.592. The van der Waals surface area contributed by atoms with Gasteiger partial charge < -0.3 is 15.4 Å². The zero-order chi connectivity index (χ0) is 12.5. The van der Waals surface area contributed by atoms with Crippen LogP contribution in [0.5, 0.6) is 0 Å². The molecule has 0 aliphatic heterocycles. The molecule has 1 aromatic rings. The van der Waals surface area contributed by atoms with E-state index >= 15 is 0 Å². The van der Waals surface area contributed by atoms with E-state index in [1.807, 2.05) is 6.07 Å². The van der Waals surface area contributed by atoms with Crippen LogP contribution in [0.1, 0.15) is 25.3 Å². The quantitative estimate of drug-likeness (QED) is 0.704. The van der Waals surface area contributed by atoms with E-state index < -0.39 is 0 Å². The fourth-order valence-electron chi connectivity index (χ4n) is 1.60. The van der Waals surface area contributed by atoms with Gasteiger partial charge in [-0.1, -0.05) is 25.5 Å². The fraction of sp³-hybridized carbons (Fsp3) is 0.571. The highest BCUT2D eigenvalue weighted by Crippen LogP contribution is 2.14. The molecule has 1 aromatic carbocycles. The molecule has 3 nitrogen and oxygen atoms in total. The van der Waals surface area contributed by atoms with Gasteiger partial charge in [0.05, 0.1) is 6.61 Å². The van der Waals surface area contributed by atoms with Crippen LogP contribution < -0.4 is 10.6 Å².